The van der Waals surface area contributed by atoms with Crippen LogP contribution in [0.25, 0.3) is 43.9 Å². The fraction of sp³-hybridized carbons (Fsp3) is 0.516. The quantitative estimate of drug-likeness (QED) is 0.0674. The minimum absolute atomic E-state index is 0.0440. The van der Waals surface area contributed by atoms with E-state index in [1.54, 1.807) is 96.4 Å². The molecule has 53 heteroatoms. The largest absolute Gasteiger partial charge is 0.444 e. The Kier molecular flexibility index (Phi) is 22.8. The van der Waals surface area contributed by atoms with Gasteiger partial charge in [-0.2, -0.15) is 0 Å². The fourth-order valence-corrected chi connectivity index (χ4v) is 24.9. The van der Waals surface area contributed by atoms with E-state index in [1.807, 2.05) is 37.5 Å². The predicted molar refractivity (Wildman–Crippen MR) is 490 cm³/mol. The third-order valence-electron chi connectivity index (χ3n) is 30.1. The SMILES string of the molecule is COC[C@H]1CN(c2noc3c(Cl)c4c(cc23)CC2(C(=O)NC(=O)NC2=O)[C@H]2[C@H](C)O[C@H](C)CN42)C(=O)O1.C[C@@H]1CN(c2noc3c(Cl)c4c(cc23)CC2(C(=O)NC(=O)NC2=O)[C@H]2[C@H](C)O[C@H](C)CN42)C(=O)O1.C[C@@H]1CN2c3c(cc4c(N5C(=O)O[C@@H](C)[C@H]5C)noc4c3F)CC3(C(=O)NC(=O)NC3=O)[C@H]2[C@H](C)O1.C[C@@H]1CN2c3c(cc4c(N5C(=O)O[C@H](C)[C@@H]5C)noc4c3F)CC3(C(=O)NC(=O)NC3=O)[C@H]2[C@H](C)O1. The van der Waals surface area contributed by atoms with Crippen LogP contribution in [-0.2, 0) is 107 Å². The molecule has 0 unspecified atom stereocenters. The third kappa shape index (κ3) is 14.1. The fourth-order valence-electron chi connectivity index (χ4n) is 24.2. The second kappa shape index (κ2) is 34.2. The zero-order valence-corrected chi connectivity index (χ0v) is 80.7. The summed E-state index contributed by atoms with van der Waals surface area (Å²) >= 11 is 13.8. The zero-order valence-electron chi connectivity index (χ0n) is 79.2. The van der Waals surface area contributed by atoms with Crippen molar-refractivity contribution >= 4 is 209 Å². The van der Waals surface area contributed by atoms with Crippen molar-refractivity contribution in [3.8, 4) is 0 Å². The number of carbonyl (C=O) groups excluding carboxylic acids is 16. The maximum Gasteiger partial charge on any atom is 0.416 e. The summed E-state index contributed by atoms with van der Waals surface area (Å²) in [5, 5.41) is 35.8. The number of imide groups is 8. The normalized spacial score (nSPS) is 30.3. The van der Waals surface area contributed by atoms with Gasteiger partial charge in [-0.1, -0.05) is 43.8 Å². The lowest BCUT2D eigenvalue weighted by Crippen LogP contribution is -2.75. The summed E-state index contributed by atoms with van der Waals surface area (Å²) in [6.07, 6.45) is -8.10. The van der Waals surface area contributed by atoms with Crippen LogP contribution < -0.4 is 81.7 Å². The van der Waals surface area contributed by atoms with Gasteiger partial charge in [-0.3, -0.25) is 100 Å². The standard InChI is InChI=1S/C23H24ClN5O8.2C23H24FN5O7.C22H22ClN5O7/c1-9-6-28-15-11(5-23(17(28)10(2)35-9)19(30)25-21(32)26-20(23)31)4-13-16(14(15)24)37-27-18(13)29-7-12(8-34-3)36-22(29)33;2*1-8-7-28-15-12(6-23(17(28)11(4)34-8)19(30)25-21(32)26-20(23)31)5-13-16(14(15)24)36-27-18(13)29-9(2)10(3)35-22(29)33;1-8-6-27-14-11(5-22(16(27)10(3)33-8)18(29)24-20(31)25-19(22)30)4-12-15(13(14)23)35-26-17(12)28-7-9(2)34-21(28)32/h4,9-10,12,17H,5-8H2,1-3H3,(H2,25,26,30,31,32);2*5,8-11,17H,6-7H2,1-4H3,(H2,25,26,30,31,32);4,8-10,16H,5-7H2,1-3H3,(H2,24,25,29,30,31)/t9-,10+,12-,17-;8-,9+,10-,11+,17-;8-,9-,10+,11+,17-;8-,9-,10+,16-/m1111/s1. The van der Waals surface area contributed by atoms with E-state index in [1.165, 1.54) is 26.7 Å². The van der Waals surface area contributed by atoms with Gasteiger partial charge < -0.3 is 80.3 Å². The van der Waals surface area contributed by atoms with Crippen LogP contribution in [-0.4, -0.2) is 279 Å². The number of barbiturate groups is 4. The molecule has 49 nitrogen and oxygen atoms in total. The molecule has 760 valence electrons. The first-order chi connectivity index (χ1) is 68.3. The molecular weight excluding hydrogens is 1950 g/mol. The minimum Gasteiger partial charge on any atom is -0.444 e. The number of amides is 20. The first-order valence-electron chi connectivity index (χ1n) is 46.6. The molecule has 8 N–H and O–H groups in total. The molecule has 0 radical (unpaired) electrons. The van der Waals surface area contributed by atoms with Crippen LogP contribution in [0.3, 0.4) is 0 Å². The summed E-state index contributed by atoms with van der Waals surface area (Å²) in [6, 6.07) is -0.964. The number of nitrogens with one attached hydrogen (secondary N) is 8. The van der Waals surface area contributed by atoms with Gasteiger partial charge in [0.15, 0.2) is 67.7 Å². The van der Waals surface area contributed by atoms with Gasteiger partial charge >= 0.3 is 48.5 Å². The van der Waals surface area contributed by atoms with Gasteiger partial charge in [0.05, 0.1) is 149 Å². The number of ether oxygens (including phenoxy) is 9. The smallest absolute Gasteiger partial charge is 0.416 e. The molecule has 144 heavy (non-hydrogen) atoms. The van der Waals surface area contributed by atoms with Crippen LogP contribution in [0.5, 0.6) is 0 Å². The molecule has 4 aromatic carbocycles. The maximum absolute atomic E-state index is 16.2. The lowest BCUT2D eigenvalue weighted by Gasteiger charge is -2.55. The van der Waals surface area contributed by atoms with Gasteiger partial charge in [-0.05, 0) is 149 Å². The van der Waals surface area contributed by atoms with Gasteiger partial charge in [0, 0.05) is 46.1 Å². The molecule has 4 aromatic heterocycles. The Morgan fingerprint density at radius 1 is 0.340 bits per heavy atom. The molecule has 0 aliphatic carbocycles. The average molecular weight is 2040 g/mol. The molecule has 16 aliphatic rings. The van der Waals surface area contributed by atoms with Gasteiger partial charge in [0.2, 0.25) is 58.4 Å². The Labute approximate surface area is 821 Å². The molecule has 24 rings (SSSR count). The van der Waals surface area contributed by atoms with Crippen LogP contribution in [0.2, 0.25) is 10.0 Å². The molecule has 4 spiro atoms. The number of urea groups is 4. The first kappa shape index (κ1) is 95.9. The number of cyclic esters (lactones) is 4. The van der Waals surface area contributed by atoms with Crippen molar-refractivity contribution in [1.29, 1.82) is 0 Å². The summed E-state index contributed by atoms with van der Waals surface area (Å²) in [5.41, 5.74) is -3.21. The van der Waals surface area contributed by atoms with E-state index < -0.39 is 196 Å². The maximum atomic E-state index is 16.2. The molecule has 16 aliphatic heterocycles. The number of methoxy groups -OCH3 is 1. The van der Waals surface area contributed by atoms with E-state index in [9.17, 15) is 76.7 Å². The second-order valence-electron chi connectivity index (χ2n) is 39.1. The number of benzene rings is 4. The van der Waals surface area contributed by atoms with E-state index in [4.69, 9.17) is 83.9 Å². The molecule has 20 heterocycles. The molecule has 8 aromatic rings. The number of halogens is 4. The molecule has 18 atom stereocenters. The third-order valence-corrected chi connectivity index (χ3v) is 30.8. The Hall–Kier alpha value is -14.3. The highest BCUT2D eigenvalue weighted by atomic mass is 35.5. The van der Waals surface area contributed by atoms with Crippen LogP contribution in [0.1, 0.15) is 112 Å². The monoisotopic (exact) mass is 2040 g/mol. The van der Waals surface area contributed by atoms with E-state index >= 15 is 8.78 Å². The van der Waals surface area contributed by atoms with Crippen LogP contribution in [0.15, 0.2) is 42.4 Å². The Balaban J connectivity index is 0.000000113. The number of rotatable bonds is 6. The van der Waals surface area contributed by atoms with Crippen LogP contribution in [0, 0.1) is 33.3 Å². The minimum atomic E-state index is -1.76. The van der Waals surface area contributed by atoms with Gasteiger partial charge in [0.1, 0.15) is 34.5 Å². The van der Waals surface area contributed by atoms with E-state index in [2.05, 4.69) is 63.2 Å². The Morgan fingerprint density at radius 3 is 0.896 bits per heavy atom. The zero-order chi connectivity index (χ0) is 102. The van der Waals surface area contributed by atoms with E-state index in [-0.39, 0.29) is 179 Å². The Morgan fingerprint density at radius 2 is 0.611 bits per heavy atom. The number of carbonyl (C=O) groups is 16. The number of anilines is 8. The molecule has 0 bridgehead atoms. The van der Waals surface area contributed by atoms with E-state index in [0.29, 0.717) is 57.5 Å². The Bertz CT molecular complexity index is 6750. The van der Waals surface area contributed by atoms with Crippen molar-refractivity contribution in [2.45, 2.75) is 225 Å². The lowest BCUT2D eigenvalue weighted by atomic mass is 9.66. The first-order valence-corrected chi connectivity index (χ1v) is 47.3. The van der Waals surface area contributed by atoms with E-state index in [0.717, 1.165) is 0 Å². The molecule has 12 fully saturated rings. The average Bonchev–Trinajstić information content (AvgIpc) is 1.72. The lowest BCUT2D eigenvalue weighted by molar-refractivity contribution is -0.154. The van der Waals surface area contributed by atoms with Crippen molar-refractivity contribution < 1.29 is 146 Å². The molecule has 20 amide bonds. The highest BCUT2D eigenvalue weighted by Crippen LogP contribution is 2.58. The van der Waals surface area contributed by atoms with Crippen molar-refractivity contribution in [2.24, 2.45) is 21.7 Å². The topological polar surface area (TPSA) is 582 Å². The number of hydrogen-bond donors (Lipinski definition) is 8. The summed E-state index contributed by atoms with van der Waals surface area (Å²) in [4.78, 5) is 217. The van der Waals surface area contributed by atoms with Crippen LogP contribution in [0.4, 0.5) is 93.2 Å². The molecular formula is C91H94Cl2F2N20O29. The predicted octanol–water partition coefficient (Wildman–Crippen LogP) is 6.24. The summed E-state index contributed by atoms with van der Waals surface area (Å²) in [6.45, 7) is 24.9. The van der Waals surface area contributed by atoms with Crippen molar-refractivity contribution in [3.05, 3.63) is 68.2 Å². The van der Waals surface area contributed by atoms with Crippen LogP contribution >= 0.6 is 23.2 Å². The molecule has 0 saturated carbocycles. The number of fused-ring (bicyclic) bond motifs is 20. The molecule has 12 saturated heterocycles. The van der Waals surface area contributed by atoms with Crippen molar-refractivity contribution in [2.75, 3.05) is 92.2 Å². The highest BCUT2D eigenvalue weighted by Gasteiger charge is 2.69. The summed E-state index contributed by atoms with van der Waals surface area (Å²) in [7, 11) is 1.51. The number of nitrogens with zero attached hydrogens (tertiary/aromatic N) is 12. The van der Waals surface area contributed by atoms with Crippen molar-refractivity contribution in [1.82, 2.24) is 63.2 Å². The number of hydrogen-bond acceptors (Lipinski definition) is 37. The van der Waals surface area contributed by atoms with Gasteiger partial charge in [-0.15, -0.1) is 0 Å². The van der Waals surface area contributed by atoms with Gasteiger partial charge in [0.25, 0.3) is 0 Å². The number of morpholine rings is 4. The summed E-state index contributed by atoms with van der Waals surface area (Å²) < 4.78 is 104. The summed E-state index contributed by atoms with van der Waals surface area (Å²) in [5.74, 6) is -6.75. The highest BCUT2D eigenvalue weighted by molar-refractivity contribution is 6.39. The second-order valence-corrected chi connectivity index (χ2v) is 39.9. The van der Waals surface area contributed by atoms with Crippen molar-refractivity contribution in [3.63, 3.8) is 0 Å². The number of aromatic nitrogens is 4. The van der Waals surface area contributed by atoms with Gasteiger partial charge in [-0.25, -0.2) is 47.1 Å².